The molecule has 1 aliphatic rings. The fraction of sp³-hybridized carbons (Fsp3) is 0.471. The largest absolute Gasteiger partial charge is 0.358 e. The molecule has 0 saturated carbocycles. The van der Waals surface area contributed by atoms with Gasteiger partial charge in [0.2, 0.25) is 5.91 Å². The van der Waals surface area contributed by atoms with E-state index in [1.807, 2.05) is 19.1 Å². The number of aryl methyl sites for hydroxylation is 1. The van der Waals surface area contributed by atoms with Gasteiger partial charge in [0, 0.05) is 25.7 Å². The van der Waals surface area contributed by atoms with Gasteiger partial charge in [0.25, 0.3) is 5.91 Å². The van der Waals surface area contributed by atoms with Crippen LogP contribution in [0.2, 0.25) is 0 Å². The Balaban J connectivity index is 1.67. The molecule has 9 heteroatoms. The lowest BCUT2D eigenvalue weighted by molar-refractivity contribution is -0.118. The van der Waals surface area contributed by atoms with Crippen molar-refractivity contribution >= 4 is 43.2 Å². The maximum absolute atomic E-state index is 12.7. The van der Waals surface area contributed by atoms with Crippen molar-refractivity contribution in [1.82, 2.24) is 15.2 Å². The second kappa shape index (κ2) is 7.32. The number of fused-ring (bicyclic) bond motifs is 1. The lowest BCUT2D eigenvalue weighted by Gasteiger charge is -2.31. The molecule has 7 nitrogen and oxygen atoms in total. The molecule has 1 aromatic carbocycles. The molecule has 1 N–H and O–H groups in total. The SMILES string of the molecule is CNC(=O)CS(=O)(=O)C1CCN(C(=O)c2ccc3nc(C)sc3c2)CC1. The number of aromatic nitrogens is 1. The Bertz CT molecular complexity index is 944. The lowest BCUT2D eigenvalue weighted by Crippen LogP contribution is -2.44. The van der Waals surface area contributed by atoms with Gasteiger partial charge in [0.15, 0.2) is 9.84 Å². The summed E-state index contributed by atoms with van der Waals surface area (Å²) in [7, 11) is -2.07. The van der Waals surface area contributed by atoms with E-state index in [2.05, 4.69) is 10.3 Å². The van der Waals surface area contributed by atoms with Crippen molar-refractivity contribution in [2.45, 2.75) is 25.0 Å². The minimum atomic E-state index is -3.49. The molecule has 0 spiro atoms. The van der Waals surface area contributed by atoms with Crippen LogP contribution in [0.4, 0.5) is 0 Å². The number of benzene rings is 1. The number of nitrogens with zero attached hydrogens (tertiary/aromatic N) is 2. The van der Waals surface area contributed by atoms with E-state index in [4.69, 9.17) is 0 Å². The number of nitrogens with one attached hydrogen (secondary N) is 1. The van der Waals surface area contributed by atoms with E-state index in [-0.39, 0.29) is 5.91 Å². The first-order valence-corrected chi connectivity index (χ1v) is 10.9. The van der Waals surface area contributed by atoms with Gasteiger partial charge in [-0.25, -0.2) is 13.4 Å². The minimum Gasteiger partial charge on any atom is -0.358 e. The molecule has 1 fully saturated rings. The molecule has 2 aromatic rings. The molecule has 0 bridgehead atoms. The normalized spacial score (nSPS) is 16.0. The number of amides is 2. The first-order chi connectivity index (χ1) is 12.3. The topological polar surface area (TPSA) is 96.4 Å². The summed E-state index contributed by atoms with van der Waals surface area (Å²) in [5, 5.41) is 2.72. The molecule has 26 heavy (non-hydrogen) atoms. The fourth-order valence-electron chi connectivity index (χ4n) is 3.15. The van der Waals surface area contributed by atoms with E-state index in [9.17, 15) is 18.0 Å². The summed E-state index contributed by atoms with van der Waals surface area (Å²) < 4.78 is 25.5. The van der Waals surface area contributed by atoms with Crippen molar-refractivity contribution in [3.8, 4) is 0 Å². The first kappa shape index (κ1) is 18.8. The summed E-state index contributed by atoms with van der Waals surface area (Å²) in [5.41, 5.74) is 1.47. The maximum atomic E-state index is 12.7. The Hall–Kier alpha value is -2.00. The second-order valence-electron chi connectivity index (χ2n) is 6.39. The average Bonchev–Trinajstić information content (AvgIpc) is 2.99. The quantitative estimate of drug-likeness (QED) is 0.843. The standard InChI is InChI=1S/C17H21N3O4S2/c1-11-19-14-4-3-12(9-15(14)25-11)17(22)20-7-5-13(6-8-20)26(23,24)10-16(21)18-2/h3-4,9,13H,5-8,10H2,1-2H3,(H,18,21). The van der Waals surface area contributed by atoms with Crippen molar-refractivity contribution in [3.05, 3.63) is 28.8 Å². The van der Waals surface area contributed by atoms with Crippen molar-refractivity contribution in [1.29, 1.82) is 0 Å². The molecule has 2 amide bonds. The van der Waals surface area contributed by atoms with Gasteiger partial charge in [-0.15, -0.1) is 11.3 Å². The predicted molar refractivity (Wildman–Crippen MR) is 101 cm³/mol. The summed E-state index contributed by atoms with van der Waals surface area (Å²) in [4.78, 5) is 30.2. The molecule has 2 heterocycles. The molecule has 1 aliphatic heterocycles. The Morgan fingerprint density at radius 3 is 2.65 bits per heavy atom. The summed E-state index contributed by atoms with van der Waals surface area (Å²) >= 11 is 1.54. The van der Waals surface area contributed by atoms with Crippen LogP contribution in [0.3, 0.4) is 0 Å². The van der Waals surface area contributed by atoms with Crippen LogP contribution in [0.1, 0.15) is 28.2 Å². The predicted octanol–water partition coefficient (Wildman–Crippen LogP) is 1.37. The summed E-state index contributed by atoms with van der Waals surface area (Å²) in [6, 6.07) is 5.45. The Kier molecular flexibility index (Phi) is 5.29. The number of rotatable bonds is 4. The van der Waals surface area contributed by atoms with E-state index in [1.165, 1.54) is 7.05 Å². The highest BCUT2D eigenvalue weighted by molar-refractivity contribution is 7.92. The van der Waals surface area contributed by atoms with Gasteiger partial charge >= 0.3 is 0 Å². The Morgan fingerprint density at radius 2 is 2.00 bits per heavy atom. The van der Waals surface area contributed by atoms with Gasteiger partial charge in [-0.2, -0.15) is 0 Å². The van der Waals surface area contributed by atoms with E-state index < -0.39 is 26.7 Å². The van der Waals surface area contributed by atoms with Crippen LogP contribution in [-0.4, -0.2) is 61.3 Å². The summed E-state index contributed by atoms with van der Waals surface area (Å²) in [6.07, 6.45) is 0.708. The zero-order valence-corrected chi connectivity index (χ0v) is 16.3. The molecule has 0 atom stereocenters. The monoisotopic (exact) mass is 395 g/mol. The maximum Gasteiger partial charge on any atom is 0.253 e. The zero-order chi connectivity index (χ0) is 18.9. The number of sulfone groups is 1. The molecule has 0 unspecified atom stereocenters. The van der Waals surface area contributed by atoms with Crippen LogP contribution in [0, 0.1) is 6.92 Å². The average molecular weight is 396 g/mol. The first-order valence-electron chi connectivity index (χ1n) is 8.39. The third kappa shape index (κ3) is 3.88. The van der Waals surface area contributed by atoms with Crippen LogP contribution >= 0.6 is 11.3 Å². The highest BCUT2D eigenvalue weighted by Crippen LogP contribution is 2.25. The van der Waals surface area contributed by atoms with Crippen LogP contribution in [0.15, 0.2) is 18.2 Å². The number of hydrogen-bond acceptors (Lipinski definition) is 6. The van der Waals surface area contributed by atoms with E-state index in [0.29, 0.717) is 31.5 Å². The lowest BCUT2D eigenvalue weighted by atomic mass is 10.1. The van der Waals surface area contributed by atoms with Gasteiger partial charge < -0.3 is 10.2 Å². The molecule has 0 aliphatic carbocycles. The zero-order valence-electron chi connectivity index (χ0n) is 14.7. The van der Waals surface area contributed by atoms with Gasteiger partial charge in [0.05, 0.1) is 20.5 Å². The molecular formula is C17H21N3O4S2. The second-order valence-corrected chi connectivity index (χ2v) is 9.90. The Labute approximate surface area is 156 Å². The van der Waals surface area contributed by atoms with Gasteiger partial charge in [-0.1, -0.05) is 0 Å². The van der Waals surface area contributed by atoms with Crippen LogP contribution in [0.25, 0.3) is 10.2 Å². The number of likely N-dealkylation sites (tertiary alicyclic amines) is 1. The van der Waals surface area contributed by atoms with Gasteiger partial charge in [0.1, 0.15) is 5.75 Å². The number of carbonyl (C=O) groups excluding carboxylic acids is 2. The summed E-state index contributed by atoms with van der Waals surface area (Å²) in [6.45, 7) is 2.67. The van der Waals surface area contributed by atoms with E-state index in [0.717, 1.165) is 15.2 Å². The molecule has 1 aromatic heterocycles. The number of piperidine rings is 1. The minimum absolute atomic E-state index is 0.0971. The smallest absolute Gasteiger partial charge is 0.253 e. The number of thiazole rings is 1. The summed E-state index contributed by atoms with van der Waals surface area (Å²) in [5.74, 6) is -1.10. The number of carbonyl (C=O) groups is 2. The third-order valence-corrected chi connectivity index (χ3v) is 7.68. The molecular weight excluding hydrogens is 374 g/mol. The van der Waals surface area contributed by atoms with Crippen molar-refractivity contribution in [3.63, 3.8) is 0 Å². The number of hydrogen-bond donors (Lipinski definition) is 1. The van der Waals surface area contributed by atoms with E-state index in [1.54, 1.807) is 22.3 Å². The highest BCUT2D eigenvalue weighted by atomic mass is 32.2. The molecule has 0 radical (unpaired) electrons. The Morgan fingerprint density at radius 1 is 1.31 bits per heavy atom. The van der Waals surface area contributed by atoms with Crippen LogP contribution in [0.5, 0.6) is 0 Å². The third-order valence-electron chi connectivity index (χ3n) is 4.59. The van der Waals surface area contributed by atoms with E-state index >= 15 is 0 Å². The molecule has 3 rings (SSSR count). The van der Waals surface area contributed by atoms with Gasteiger partial charge in [-0.3, -0.25) is 9.59 Å². The van der Waals surface area contributed by atoms with Crippen molar-refractivity contribution < 1.29 is 18.0 Å². The van der Waals surface area contributed by atoms with Crippen LogP contribution < -0.4 is 5.32 Å². The van der Waals surface area contributed by atoms with Gasteiger partial charge in [-0.05, 0) is 38.0 Å². The fourth-order valence-corrected chi connectivity index (χ4v) is 5.69. The molecule has 140 valence electrons. The highest BCUT2D eigenvalue weighted by Gasteiger charge is 2.33. The van der Waals surface area contributed by atoms with Crippen molar-refractivity contribution in [2.75, 3.05) is 25.9 Å². The van der Waals surface area contributed by atoms with Crippen molar-refractivity contribution in [2.24, 2.45) is 0 Å². The molecule has 1 saturated heterocycles. The van der Waals surface area contributed by atoms with Crippen LogP contribution in [-0.2, 0) is 14.6 Å².